The molecule has 0 aliphatic carbocycles. The van der Waals surface area contributed by atoms with Crippen LogP contribution in [0.1, 0.15) is 16.7 Å². The average molecular weight is 514 g/mol. The number of carbonyl (C=O) groups is 3. The van der Waals surface area contributed by atoms with Crippen molar-refractivity contribution in [3.05, 3.63) is 104 Å². The summed E-state index contributed by atoms with van der Waals surface area (Å²) in [4.78, 5) is 38.9. The van der Waals surface area contributed by atoms with Crippen molar-refractivity contribution >= 4 is 57.1 Å². The summed E-state index contributed by atoms with van der Waals surface area (Å²) in [7, 11) is 0. The van der Waals surface area contributed by atoms with Crippen molar-refractivity contribution in [3.63, 3.8) is 0 Å². The van der Waals surface area contributed by atoms with E-state index in [9.17, 15) is 18.8 Å². The third-order valence-electron chi connectivity index (χ3n) is 4.93. The Balaban J connectivity index is 1.75. The summed E-state index contributed by atoms with van der Waals surface area (Å²) < 4.78 is 14.9. The first-order valence-corrected chi connectivity index (χ1v) is 10.7. The maximum absolute atomic E-state index is 14.2. The normalized spacial score (nSPS) is 15.3. The second-order valence-corrected chi connectivity index (χ2v) is 8.40. The molecular formula is C24H15BrClFN2O3. The van der Waals surface area contributed by atoms with Gasteiger partial charge >= 0.3 is 6.03 Å². The van der Waals surface area contributed by atoms with Gasteiger partial charge in [0.05, 0.1) is 5.69 Å². The van der Waals surface area contributed by atoms with Gasteiger partial charge in [-0.25, -0.2) is 14.1 Å². The van der Waals surface area contributed by atoms with Gasteiger partial charge in [0.15, 0.2) is 0 Å². The minimum Gasteiger partial charge on any atom is -0.273 e. The van der Waals surface area contributed by atoms with Crippen LogP contribution in [0.25, 0.3) is 6.08 Å². The number of halogens is 3. The highest BCUT2D eigenvalue weighted by atomic mass is 79.9. The number of urea groups is 1. The van der Waals surface area contributed by atoms with Crippen molar-refractivity contribution in [2.45, 2.75) is 6.42 Å². The number of benzene rings is 3. The smallest absolute Gasteiger partial charge is 0.273 e. The molecule has 1 aliphatic rings. The fourth-order valence-corrected chi connectivity index (χ4v) is 3.79. The first-order valence-electron chi connectivity index (χ1n) is 9.52. The van der Waals surface area contributed by atoms with Crippen LogP contribution in [-0.4, -0.2) is 17.8 Å². The molecule has 1 aliphatic heterocycles. The number of amides is 4. The van der Waals surface area contributed by atoms with Crippen molar-refractivity contribution in [1.29, 1.82) is 0 Å². The molecule has 160 valence electrons. The zero-order valence-electron chi connectivity index (χ0n) is 16.4. The Labute approximate surface area is 196 Å². The molecule has 4 rings (SSSR count). The zero-order valence-corrected chi connectivity index (χ0v) is 18.8. The number of anilines is 1. The molecule has 3 aromatic carbocycles. The van der Waals surface area contributed by atoms with Crippen LogP contribution in [0.5, 0.6) is 0 Å². The molecule has 3 aromatic rings. The van der Waals surface area contributed by atoms with E-state index in [-0.39, 0.29) is 17.8 Å². The van der Waals surface area contributed by atoms with Gasteiger partial charge in [-0.2, -0.15) is 0 Å². The standard InChI is InChI=1S/C24H15BrClFN2O3/c25-17-6-9-19(10-7-17)29-23(31)20(22(30)28-24(29)32)13-16-12-18(26)8-5-14(16)11-15-3-1-2-4-21(15)27/h1-10,12-13H,11H2,(H,28,30,32)/b20-13+. The topological polar surface area (TPSA) is 66.5 Å². The van der Waals surface area contributed by atoms with Gasteiger partial charge in [-0.15, -0.1) is 0 Å². The molecule has 0 aromatic heterocycles. The predicted molar refractivity (Wildman–Crippen MR) is 124 cm³/mol. The molecule has 0 saturated carbocycles. The molecule has 1 fully saturated rings. The van der Waals surface area contributed by atoms with Crippen LogP contribution in [0.2, 0.25) is 5.02 Å². The second kappa shape index (κ2) is 9.06. The molecule has 4 amide bonds. The first-order chi connectivity index (χ1) is 15.3. The molecule has 0 unspecified atom stereocenters. The van der Waals surface area contributed by atoms with E-state index in [1.807, 2.05) is 0 Å². The summed E-state index contributed by atoms with van der Waals surface area (Å²) in [6, 6.07) is 17.0. The summed E-state index contributed by atoms with van der Waals surface area (Å²) in [5.41, 5.74) is 1.68. The Bertz CT molecular complexity index is 1270. The number of rotatable bonds is 4. The van der Waals surface area contributed by atoms with Gasteiger partial charge in [-0.1, -0.05) is 51.8 Å². The Morgan fingerprint density at radius 1 is 0.969 bits per heavy atom. The first kappa shape index (κ1) is 21.9. The second-order valence-electron chi connectivity index (χ2n) is 7.05. The Hall–Kier alpha value is -3.29. The van der Waals surface area contributed by atoms with Crippen LogP contribution in [0, 0.1) is 5.82 Å². The van der Waals surface area contributed by atoms with Crippen LogP contribution in [0.4, 0.5) is 14.9 Å². The quantitative estimate of drug-likeness (QED) is 0.370. The van der Waals surface area contributed by atoms with Crippen molar-refractivity contribution in [3.8, 4) is 0 Å². The number of hydrogen-bond donors (Lipinski definition) is 1. The molecule has 5 nitrogen and oxygen atoms in total. The van der Waals surface area contributed by atoms with Crippen molar-refractivity contribution in [2.24, 2.45) is 0 Å². The predicted octanol–water partition coefficient (Wildman–Crippen LogP) is 5.50. The van der Waals surface area contributed by atoms with Gasteiger partial charge in [-0.3, -0.25) is 14.9 Å². The summed E-state index contributed by atoms with van der Waals surface area (Å²) >= 11 is 9.45. The number of barbiturate groups is 1. The van der Waals surface area contributed by atoms with Gasteiger partial charge in [0, 0.05) is 15.9 Å². The summed E-state index contributed by atoms with van der Waals surface area (Å²) in [6.07, 6.45) is 1.60. The molecule has 1 N–H and O–H groups in total. The lowest BCUT2D eigenvalue weighted by Crippen LogP contribution is -2.54. The highest BCUT2D eigenvalue weighted by Crippen LogP contribution is 2.26. The Kier molecular flexibility index (Phi) is 6.21. The number of hydrogen-bond acceptors (Lipinski definition) is 3. The third kappa shape index (κ3) is 4.49. The van der Waals surface area contributed by atoms with Crippen molar-refractivity contribution in [1.82, 2.24) is 5.32 Å². The molecular weight excluding hydrogens is 499 g/mol. The fourth-order valence-electron chi connectivity index (χ4n) is 3.35. The lowest BCUT2D eigenvalue weighted by molar-refractivity contribution is -0.122. The van der Waals surface area contributed by atoms with Gasteiger partial charge in [-0.05, 0) is 65.2 Å². The lowest BCUT2D eigenvalue weighted by Gasteiger charge is -2.26. The van der Waals surface area contributed by atoms with Crippen LogP contribution in [0.15, 0.2) is 76.8 Å². The monoisotopic (exact) mass is 512 g/mol. The van der Waals surface area contributed by atoms with Crippen LogP contribution < -0.4 is 10.2 Å². The average Bonchev–Trinajstić information content (AvgIpc) is 2.75. The SMILES string of the molecule is O=C1NC(=O)N(c2ccc(Br)cc2)C(=O)/C1=C/c1cc(Cl)ccc1Cc1ccccc1F. The molecule has 32 heavy (non-hydrogen) atoms. The van der Waals surface area contributed by atoms with Gasteiger partial charge in [0.1, 0.15) is 11.4 Å². The molecule has 0 spiro atoms. The minimum absolute atomic E-state index is 0.230. The fraction of sp³-hybridized carbons (Fsp3) is 0.0417. The molecule has 1 saturated heterocycles. The number of nitrogens with zero attached hydrogens (tertiary/aromatic N) is 1. The van der Waals surface area contributed by atoms with E-state index in [0.717, 1.165) is 9.37 Å². The van der Waals surface area contributed by atoms with Gasteiger partial charge < -0.3 is 0 Å². The molecule has 8 heteroatoms. The zero-order chi connectivity index (χ0) is 22.8. The van der Waals surface area contributed by atoms with E-state index in [1.165, 1.54) is 12.1 Å². The largest absolute Gasteiger partial charge is 0.335 e. The highest BCUT2D eigenvalue weighted by molar-refractivity contribution is 9.10. The number of imide groups is 2. The van der Waals surface area contributed by atoms with E-state index in [4.69, 9.17) is 11.6 Å². The molecule has 0 bridgehead atoms. The van der Waals surface area contributed by atoms with E-state index >= 15 is 0 Å². The van der Waals surface area contributed by atoms with E-state index < -0.39 is 17.8 Å². The summed E-state index contributed by atoms with van der Waals surface area (Å²) in [6.45, 7) is 0. The summed E-state index contributed by atoms with van der Waals surface area (Å²) in [5.74, 6) is -1.94. The molecule has 0 atom stereocenters. The molecule has 1 heterocycles. The third-order valence-corrected chi connectivity index (χ3v) is 5.70. The van der Waals surface area contributed by atoms with Gasteiger partial charge in [0.25, 0.3) is 11.8 Å². The number of nitrogens with one attached hydrogen (secondary N) is 1. The highest BCUT2D eigenvalue weighted by Gasteiger charge is 2.36. The van der Waals surface area contributed by atoms with E-state index in [2.05, 4.69) is 21.2 Å². The number of carbonyl (C=O) groups excluding carboxylic acids is 3. The Morgan fingerprint density at radius 2 is 1.69 bits per heavy atom. The van der Waals surface area contributed by atoms with Crippen LogP contribution in [-0.2, 0) is 16.0 Å². The van der Waals surface area contributed by atoms with Crippen LogP contribution in [0.3, 0.4) is 0 Å². The van der Waals surface area contributed by atoms with Crippen molar-refractivity contribution < 1.29 is 18.8 Å². The summed E-state index contributed by atoms with van der Waals surface area (Å²) in [5, 5.41) is 2.58. The van der Waals surface area contributed by atoms with Crippen LogP contribution >= 0.6 is 27.5 Å². The van der Waals surface area contributed by atoms with Gasteiger partial charge in [0.2, 0.25) is 0 Å². The lowest BCUT2D eigenvalue weighted by atomic mass is 9.97. The molecule has 0 radical (unpaired) electrons. The van der Waals surface area contributed by atoms with E-state index in [1.54, 1.807) is 60.7 Å². The maximum atomic E-state index is 14.2. The maximum Gasteiger partial charge on any atom is 0.335 e. The minimum atomic E-state index is -0.836. The van der Waals surface area contributed by atoms with Crippen molar-refractivity contribution in [2.75, 3.05) is 4.90 Å². The Morgan fingerprint density at radius 3 is 2.41 bits per heavy atom. The van der Waals surface area contributed by atoms with E-state index in [0.29, 0.717) is 27.4 Å².